The molecule has 0 saturated carbocycles. The first kappa shape index (κ1) is 28.3. The Balaban J connectivity index is 1.25. The fourth-order valence-corrected chi connectivity index (χ4v) is 7.65. The molecule has 1 aromatic heterocycles. The molecule has 0 spiro atoms. The summed E-state index contributed by atoms with van der Waals surface area (Å²) in [4.78, 5) is 7.60. The second kappa shape index (κ2) is 11.5. The van der Waals surface area contributed by atoms with Crippen molar-refractivity contribution in [3.8, 4) is 17.1 Å². The Bertz CT molecular complexity index is 2800. The molecule has 0 aliphatic rings. The number of benzene rings is 9. The van der Waals surface area contributed by atoms with Gasteiger partial charge in [0.05, 0.1) is 33.8 Å². The Morgan fingerprint density at radius 3 is 1.58 bits per heavy atom. The first-order valence-electron chi connectivity index (χ1n) is 17.1. The van der Waals surface area contributed by atoms with E-state index in [1.165, 1.54) is 43.1 Å². The molecule has 1 heterocycles. The van der Waals surface area contributed by atoms with Crippen LogP contribution in [0.5, 0.6) is 0 Å². The Kier molecular flexibility index (Phi) is 6.49. The quantitative estimate of drug-likeness (QED) is 0.175. The van der Waals surface area contributed by atoms with Crippen LogP contribution in [0.25, 0.3) is 71.2 Å². The van der Waals surface area contributed by atoms with Crippen molar-refractivity contribution < 1.29 is 0 Å². The fourth-order valence-electron chi connectivity index (χ4n) is 7.65. The standard InChI is InChI=1S/C47H31N3/c1-2-16-34(17-3-1)47-48-41-24-8-9-25-46(41)50(47)45-29-13-21-36-30-39-35(31-40(36)45)20-12-28-44(39)49(42-26-10-18-32-14-4-6-22-37(32)42)43-27-11-19-33-15-5-7-23-38(33)43/h1-31H. The molecule has 0 bridgehead atoms. The van der Waals surface area contributed by atoms with Gasteiger partial charge in [0.2, 0.25) is 0 Å². The van der Waals surface area contributed by atoms with Crippen molar-refractivity contribution >= 4 is 71.2 Å². The first-order valence-corrected chi connectivity index (χ1v) is 17.1. The van der Waals surface area contributed by atoms with Gasteiger partial charge in [0.1, 0.15) is 5.82 Å². The van der Waals surface area contributed by atoms with Crippen molar-refractivity contribution in [2.75, 3.05) is 4.90 Å². The largest absolute Gasteiger partial charge is 0.309 e. The fraction of sp³-hybridized carbons (Fsp3) is 0. The molecule has 234 valence electrons. The zero-order valence-corrected chi connectivity index (χ0v) is 27.2. The molecule has 3 nitrogen and oxygen atoms in total. The zero-order chi connectivity index (χ0) is 33.0. The predicted molar refractivity (Wildman–Crippen MR) is 211 cm³/mol. The molecule has 0 aliphatic heterocycles. The molecule has 9 aromatic carbocycles. The molecule has 0 atom stereocenters. The van der Waals surface area contributed by atoms with Crippen LogP contribution in [0.4, 0.5) is 17.1 Å². The molecule has 0 saturated heterocycles. The summed E-state index contributed by atoms with van der Waals surface area (Å²) in [7, 11) is 0. The molecule has 10 aromatic rings. The summed E-state index contributed by atoms with van der Waals surface area (Å²) >= 11 is 0. The van der Waals surface area contributed by atoms with Crippen LogP contribution < -0.4 is 4.90 Å². The SMILES string of the molecule is c1ccc(-c2nc3ccccc3n2-c2cccc3cc4c(N(c5cccc6ccccc56)c5cccc6ccccc56)cccc4cc23)cc1. The lowest BCUT2D eigenvalue weighted by Crippen LogP contribution is -2.11. The highest BCUT2D eigenvalue weighted by Gasteiger charge is 2.21. The van der Waals surface area contributed by atoms with Crippen molar-refractivity contribution in [2.24, 2.45) is 0 Å². The Morgan fingerprint density at radius 2 is 0.880 bits per heavy atom. The predicted octanol–water partition coefficient (Wildman–Crippen LogP) is 12.8. The molecule has 3 heteroatoms. The molecule has 0 amide bonds. The molecule has 0 fully saturated rings. The van der Waals surface area contributed by atoms with E-state index in [9.17, 15) is 0 Å². The van der Waals surface area contributed by atoms with Crippen LogP contribution in [-0.2, 0) is 0 Å². The molecule has 0 aliphatic carbocycles. The number of rotatable bonds is 5. The Hall–Kier alpha value is -6.71. The highest BCUT2D eigenvalue weighted by molar-refractivity contribution is 6.12. The van der Waals surface area contributed by atoms with Gasteiger partial charge in [-0.05, 0) is 70.1 Å². The smallest absolute Gasteiger partial charge is 0.145 e. The van der Waals surface area contributed by atoms with Crippen molar-refractivity contribution in [1.82, 2.24) is 9.55 Å². The van der Waals surface area contributed by atoms with Crippen LogP contribution in [0.15, 0.2) is 188 Å². The van der Waals surface area contributed by atoms with Gasteiger partial charge in [-0.3, -0.25) is 4.57 Å². The lowest BCUT2D eigenvalue weighted by molar-refractivity contribution is 1.12. The lowest BCUT2D eigenvalue weighted by Gasteiger charge is -2.29. The third-order valence-corrected chi connectivity index (χ3v) is 9.92. The molecular formula is C47H31N3. The van der Waals surface area contributed by atoms with E-state index >= 15 is 0 Å². The highest BCUT2D eigenvalue weighted by Crippen LogP contribution is 2.45. The van der Waals surface area contributed by atoms with Crippen LogP contribution in [0, 0.1) is 0 Å². The van der Waals surface area contributed by atoms with Gasteiger partial charge in [-0.2, -0.15) is 0 Å². The minimum atomic E-state index is 0.936. The van der Waals surface area contributed by atoms with E-state index in [1.807, 2.05) is 0 Å². The van der Waals surface area contributed by atoms with Gasteiger partial charge in [-0.1, -0.05) is 140 Å². The third-order valence-electron chi connectivity index (χ3n) is 9.92. The minimum absolute atomic E-state index is 0.936. The van der Waals surface area contributed by atoms with Crippen LogP contribution >= 0.6 is 0 Å². The van der Waals surface area contributed by atoms with Gasteiger partial charge in [0, 0.05) is 27.1 Å². The zero-order valence-electron chi connectivity index (χ0n) is 27.2. The van der Waals surface area contributed by atoms with Crippen LogP contribution in [0.1, 0.15) is 0 Å². The number of anilines is 3. The number of nitrogens with zero attached hydrogens (tertiary/aromatic N) is 3. The van der Waals surface area contributed by atoms with Gasteiger partial charge >= 0.3 is 0 Å². The van der Waals surface area contributed by atoms with E-state index in [2.05, 4.69) is 198 Å². The summed E-state index contributed by atoms with van der Waals surface area (Å²) in [5.74, 6) is 0.936. The second-order valence-corrected chi connectivity index (χ2v) is 12.8. The average Bonchev–Trinajstić information content (AvgIpc) is 3.57. The van der Waals surface area contributed by atoms with Crippen molar-refractivity contribution in [3.05, 3.63) is 188 Å². The van der Waals surface area contributed by atoms with Crippen molar-refractivity contribution in [3.63, 3.8) is 0 Å². The van der Waals surface area contributed by atoms with E-state index in [4.69, 9.17) is 4.98 Å². The summed E-state index contributed by atoms with van der Waals surface area (Å²) in [5.41, 5.74) is 7.71. The third kappa shape index (κ3) is 4.48. The van der Waals surface area contributed by atoms with Gasteiger partial charge in [0.15, 0.2) is 0 Å². The van der Waals surface area contributed by atoms with Crippen LogP contribution in [0.3, 0.4) is 0 Å². The summed E-state index contributed by atoms with van der Waals surface area (Å²) in [6.07, 6.45) is 0. The van der Waals surface area contributed by atoms with Crippen LogP contribution in [0.2, 0.25) is 0 Å². The van der Waals surface area contributed by atoms with E-state index < -0.39 is 0 Å². The number of hydrogen-bond donors (Lipinski definition) is 0. The van der Waals surface area contributed by atoms with Crippen molar-refractivity contribution in [1.29, 1.82) is 0 Å². The molecular weight excluding hydrogens is 607 g/mol. The van der Waals surface area contributed by atoms with Gasteiger partial charge in [-0.15, -0.1) is 0 Å². The van der Waals surface area contributed by atoms with Crippen molar-refractivity contribution in [2.45, 2.75) is 0 Å². The highest BCUT2D eigenvalue weighted by atomic mass is 15.1. The monoisotopic (exact) mass is 637 g/mol. The number of hydrogen-bond acceptors (Lipinski definition) is 2. The maximum atomic E-state index is 5.14. The lowest BCUT2D eigenvalue weighted by atomic mass is 9.98. The number of para-hydroxylation sites is 2. The Morgan fingerprint density at radius 1 is 0.380 bits per heavy atom. The number of aromatic nitrogens is 2. The number of fused-ring (bicyclic) bond motifs is 5. The maximum absolute atomic E-state index is 5.14. The van der Waals surface area contributed by atoms with Gasteiger partial charge < -0.3 is 4.90 Å². The second-order valence-electron chi connectivity index (χ2n) is 12.8. The van der Waals surface area contributed by atoms with Gasteiger partial charge in [-0.25, -0.2) is 4.98 Å². The summed E-state index contributed by atoms with van der Waals surface area (Å²) in [6.45, 7) is 0. The van der Waals surface area contributed by atoms with E-state index in [-0.39, 0.29) is 0 Å². The molecule has 0 N–H and O–H groups in total. The van der Waals surface area contributed by atoms with Crippen LogP contribution in [-0.4, -0.2) is 9.55 Å². The molecule has 0 radical (unpaired) electrons. The van der Waals surface area contributed by atoms with E-state index in [0.29, 0.717) is 0 Å². The summed E-state index contributed by atoms with van der Waals surface area (Å²) in [5, 5.41) is 9.58. The topological polar surface area (TPSA) is 21.1 Å². The summed E-state index contributed by atoms with van der Waals surface area (Å²) < 4.78 is 2.32. The number of imidazole rings is 1. The Labute approximate surface area is 289 Å². The maximum Gasteiger partial charge on any atom is 0.145 e. The molecule has 10 rings (SSSR count). The molecule has 0 unspecified atom stereocenters. The molecule has 50 heavy (non-hydrogen) atoms. The van der Waals surface area contributed by atoms with Gasteiger partial charge in [0.25, 0.3) is 0 Å². The first-order chi connectivity index (χ1) is 24.8. The van der Waals surface area contributed by atoms with E-state index in [0.717, 1.165) is 45.2 Å². The van der Waals surface area contributed by atoms with E-state index in [1.54, 1.807) is 0 Å². The normalized spacial score (nSPS) is 11.6. The minimum Gasteiger partial charge on any atom is -0.309 e. The summed E-state index contributed by atoms with van der Waals surface area (Å²) in [6, 6.07) is 67.5. The average molecular weight is 638 g/mol.